The summed E-state index contributed by atoms with van der Waals surface area (Å²) < 4.78 is 16.1. The fourth-order valence-electron chi connectivity index (χ4n) is 4.23. The standard InChI is InChI=1S/C26H25NO6/c1-31-17-11-16(12-18(13-17)32-2)24(14-25(28)29)27-26(30)33-15-23-21-9-5-3-7-19(21)20-8-4-6-10-22(20)23/h3-13,23-24H,14-15H2,1-2H3,(H,27,30)(H,28,29)/p-1/t24-/m1/s1. The second-order valence-corrected chi connectivity index (χ2v) is 7.74. The Morgan fingerprint density at radius 2 is 1.45 bits per heavy atom. The Balaban J connectivity index is 1.51. The number of rotatable bonds is 8. The molecule has 0 bridgehead atoms. The van der Waals surface area contributed by atoms with E-state index in [4.69, 9.17) is 14.2 Å². The van der Waals surface area contributed by atoms with Gasteiger partial charge in [0.25, 0.3) is 0 Å². The van der Waals surface area contributed by atoms with Crippen molar-refractivity contribution < 1.29 is 28.9 Å². The van der Waals surface area contributed by atoms with Crippen LogP contribution in [0.3, 0.4) is 0 Å². The molecule has 3 aromatic rings. The maximum Gasteiger partial charge on any atom is 0.407 e. The summed E-state index contributed by atoms with van der Waals surface area (Å²) in [4.78, 5) is 24.0. The first-order valence-corrected chi connectivity index (χ1v) is 10.5. The number of methoxy groups -OCH3 is 2. The van der Waals surface area contributed by atoms with Gasteiger partial charge < -0.3 is 29.4 Å². The smallest absolute Gasteiger partial charge is 0.407 e. The average molecular weight is 446 g/mol. The number of carbonyl (C=O) groups excluding carboxylic acids is 2. The van der Waals surface area contributed by atoms with E-state index >= 15 is 0 Å². The fourth-order valence-corrected chi connectivity index (χ4v) is 4.23. The third-order valence-corrected chi connectivity index (χ3v) is 5.78. The molecule has 0 fully saturated rings. The van der Waals surface area contributed by atoms with Crippen molar-refractivity contribution in [1.29, 1.82) is 0 Å². The number of carboxylic acid groups (broad SMARTS) is 1. The molecule has 1 atom stereocenters. The van der Waals surface area contributed by atoms with Gasteiger partial charge in [0, 0.05) is 24.4 Å². The molecule has 0 radical (unpaired) electrons. The predicted octanol–water partition coefficient (Wildman–Crippen LogP) is 3.42. The molecule has 1 aliphatic rings. The van der Waals surface area contributed by atoms with Gasteiger partial charge in [0.2, 0.25) is 0 Å². The fraction of sp³-hybridized carbons (Fsp3) is 0.231. The monoisotopic (exact) mass is 446 g/mol. The van der Waals surface area contributed by atoms with Crippen LogP contribution in [0.4, 0.5) is 4.79 Å². The molecule has 0 aromatic heterocycles. The van der Waals surface area contributed by atoms with Crippen molar-refractivity contribution in [3.05, 3.63) is 83.4 Å². The van der Waals surface area contributed by atoms with Crippen molar-refractivity contribution in [2.24, 2.45) is 0 Å². The maximum atomic E-state index is 12.7. The highest BCUT2D eigenvalue weighted by Gasteiger charge is 2.29. The van der Waals surface area contributed by atoms with Crippen molar-refractivity contribution in [3.8, 4) is 22.6 Å². The lowest BCUT2D eigenvalue weighted by Gasteiger charge is -2.22. The summed E-state index contributed by atoms with van der Waals surface area (Å²) >= 11 is 0. The van der Waals surface area contributed by atoms with Gasteiger partial charge in [0.05, 0.1) is 20.3 Å². The number of aliphatic carboxylic acids is 1. The van der Waals surface area contributed by atoms with Crippen LogP contribution in [0.2, 0.25) is 0 Å². The van der Waals surface area contributed by atoms with Gasteiger partial charge in [-0.2, -0.15) is 0 Å². The molecule has 0 spiro atoms. The van der Waals surface area contributed by atoms with Crippen molar-refractivity contribution in [2.75, 3.05) is 20.8 Å². The molecule has 0 heterocycles. The Hall–Kier alpha value is -4.00. The Kier molecular flexibility index (Phi) is 6.49. The maximum absolute atomic E-state index is 12.7. The van der Waals surface area contributed by atoms with Crippen molar-refractivity contribution in [3.63, 3.8) is 0 Å². The van der Waals surface area contributed by atoms with Crippen LogP contribution in [-0.4, -0.2) is 32.9 Å². The normalized spacial score (nSPS) is 12.9. The summed E-state index contributed by atoms with van der Waals surface area (Å²) in [6.45, 7) is 0.124. The summed E-state index contributed by atoms with van der Waals surface area (Å²) in [5.41, 5.74) is 4.94. The van der Waals surface area contributed by atoms with Crippen molar-refractivity contribution in [1.82, 2.24) is 5.32 Å². The highest BCUT2D eigenvalue weighted by atomic mass is 16.5. The van der Waals surface area contributed by atoms with Gasteiger partial charge >= 0.3 is 6.09 Å². The topological polar surface area (TPSA) is 96.9 Å². The number of fused-ring (bicyclic) bond motifs is 3. The Morgan fingerprint density at radius 1 is 0.909 bits per heavy atom. The number of hydrogen-bond acceptors (Lipinski definition) is 6. The minimum atomic E-state index is -1.30. The quantitative estimate of drug-likeness (QED) is 0.570. The third kappa shape index (κ3) is 4.77. The highest BCUT2D eigenvalue weighted by molar-refractivity contribution is 5.79. The van der Waals surface area contributed by atoms with Crippen molar-refractivity contribution >= 4 is 12.1 Å². The number of hydrogen-bond donors (Lipinski definition) is 1. The molecule has 0 saturated carbocycles. The van der Waals surface area contributed by atoms with E-state index in [2.05, 4.69) is 17.4 Å². The van der Waals surface area contributed by atoms with E-state index in [-0.39, 0.29) is 12.5 Å². The zero-order valence-electron chi connectivity index (χ0n) is 18.4. The van der Waals surface area contributed by atoms with Gasteiger partial charge in [0.15, 0.2) is 0 Å². The molecule has 4 rings (SSSR count). The van der Waals surface area contributed by atoms with Gasteiger partial charge in [0.1, 0.15) is 18.1 Å². The van der Waals surface area contributed by atoms with E-state index in [1.54, 1.807) is 18.2 Å². The minimum absolute atomic E-state index is 0.0975. The zero-order valence-corrected chi connectivity index (χ0v) is 18.4. The van der Waals surface area contributed by atoms with Crippen LogP contribution in [0.1, 0.15) is 35.1 Å². The third-order valence-electron chi connectivity index (χ3n) is 5.78. The first kappa shape index (κ1) is 22.2. The summed E-state index contributed by atoms with van der Waals surface area (Å²) in [6, 6.07) is 20.1. The Labute approximate surface area is 191 Å². The molecule has 0 unspecified atom stereocenters. The highest BCUT2D eigenvalue weighted by Crippen LogP contribution is 2.44. The van der Waals surface area contributed by atoms with E-state index in [0.717, 1.165) is 22.3 Å². The zero-order chi connectivity index (χ0) is 23.4. The van der Waals surface area contributed by atoms with Crippen molar-refractivity contribution in [2.45, 2.75) is 18.4 Å². The van der Waals surface area contributed by atoms with Gasteiger partial charge in [-0.05, 0) is 39.9 Å². The second-order valence-electron chi connectivity index (χ2n) is 7.74. The number of benzene rings is 3. The molecular formula is C26H24NO6-. The molecule has 3 aromatic carbocycles. The minimum Gasteiger partial charge on any atom is -0.550 e. The molecule has 7 heteroatoms. The molecule has 0 aliphatic heterocycles. The Bertz CT molecular complexity index is 1110. The molecule has 7 nitrogen and oxygen atoms in total. The molecule has 1 N–H and O–H groups in total. The number of alkyl carbamates (subject to hydrolysis) is 1. The van der Waals surface area contributed by atoms with Crippen LogP contribution < -0.4 is 19.9 Å². The van der Waals surface area contributed by atoms with E-state index in [1.807, 2.05) is 36.4 Å². The van der Waals surface area contributed by atoms with Gasteiger partial charge in [-0.15, -0.1) is 0 Å². The van der Waals surface area contributed by atoms with E-state index in [0.29, 0.717) is 17.1 Å². The van der Waals surface area contributed by atoms with Crippen LogP contribution in [0.5, 0.6) is 11.5 Å². The number of carboxylic acids is 1. The van der Waals surface area contributed by atoms with E-state index in [1.165, 1.54) is 14.2 Å². The molecular weight excluding hydrogens is 422 g/mol. The van der Waals surface area contributed by atoms with Gasteiger partial charge in [-0.3, -0.25) is 0 Å². The van der Waals surface area contributed by atoms with Gasteiger partial charge in [-0.25, -0.2) is 4.79 Å². The van der Waals surface area contributed by atoms with Crippen LogP contribution in [-0.2, 0) is 9.53 Å². The lowest BCUT2D eigenvalue weighted by atomic mass is 9.98. The van der Waals surface area contributed by atoms with Crippen LogP contribution in [0.25, 0.3) is 11.1 Å². The summed E-state index contributed by atoms with van der Waals surface area (Å²) in [6.07, 6.45) is -1.15. The molecule has 170 valence electrons. The summed E-state index contributed by atoms with van der Waals surface area (Å²) in [7, 11) is 2.98. The number of carbonyl (C=O) groups is 2. The first-order valence-electron chi connectivity index (χ1n) is 10.5. The lowest BCUT2D eigenvalue weighted by Crippen LogP contribution is -2.35. The molecule has 1 amide bonds. The average Bonchev–Trinajstić information content (AvgIpc) is 3.15. The van der Waals surface area contributed by atoms with Crippen LogP contribution in [0.15, 0.2) is 66.7 Å². The SMILES string of the molecule is COc1cc(OC)cc([C@@H](CC(=O)[O-])NC(=O)OCC2c3ccccc3-c3ccccc32)c1. The molecule has 1 aliphatic carbocycles. The van der Waals surface area contributed by atoms with E-state index in [9.17, 15) is 14.7 Å². The molecule has 0 saturated heterocycles. The largest absolute Gasteiger partial charge is 0.550 e. The number of ether oxygens (including phenoxy) is 3. The first-order chi connectivity index (χ1) is 16.0. The van der Waals surface area contributed by atoms with Gasteiger partial charge in [-0.1, -0.05) is 48.5 Å². The number of nitrogens with one attached hydrogen (secondary N) is 1. The van der Waals surface area contributed by atoms with Crippen LogP contribution >= 0.6 is 0 Å². The lowest BCUT2D eigenvalue weighted by molar-refractivity contribution is -0.306. The summed E-state index contributed by atoms with van der Waals surface area (Å²) in [5, 5.41) is 14.0. The summed E-state index contributed by atoms with van der Waals surface area (Å²) in [5.74, 6) is -0.454. The Morgan fingerprint density at radius 3 is 1.97 bits per heavy atom. The number of amides is 1. The second kappa shape index (κ2) is 9.65. The molecule has 33 heavy (non-hydrogen) atoms. The predicted molar refractivity (Wildman–Crippen MR) is 120 cm³/mol. The van der Waals surface area contributed by atoms with Crippen LogP contribution in [0, 0.1) is 0 Å². The van der Waals surface area contributed by atoms with E-state index < -0.39 is 24.5 Å².